The first-order chi connectivity index (χ1) is 7.82. The largest absolute Gasteiger partial charge is 0.477 e. The average Bonchev–Trinajstić information content (AvgIpc) is 2.55. The first kappa shape index (κ1) is 14.5. The Morgan fingerprint density at radius 1 is 1.35 bits per heavy atom. The molecule has 0 radical (unpaired) electrons. The van der Waals surface area contributed by atoms with E-state index in [1.165, 1.54) is 0 Å². The second-order valence-corrected chi connectivity index (χ2v) is 6.40. The van der Waals surface area contributed by atoms with Crippen molar-refractivity contribution in [2.24, 2.45) is 17.8 Å². The Labute approximate surface area is 116 Å². The van der Waals surface area contributed by atoms with Gasteiger partial charge in [0.25, 0.3) is 0 Å². The molecular formula is C13H20INO2. The van der Waals surface area contributed by atoms with E-state index in [1.807, 2.05) is 10.8 Å². The molecule has 0 aromatic carbocycles. The average molecular weight is 349 g/mol. The zero-order valence-corrected chi connectivity index (χ0v) is 12.9. The van der Waals surface area contributed by atoms with E-state index in [0.717, 1.165) is 10.1 Å². The summed E-state index contributed by atoms with van der Waals surface area (Å²) in [5.41, 5.74) is 0.390. The van der Waals surface area contributed by atoms with Crippen LogP contribution in [0, 0.1) is 21.3 Å². The zero-order chi connectivity index (χ0) is 13.2. The third-order valence-corrected chi connectivity index (χ3v) is 3.79. The van der Waals surface area contributed by atoms with Gasteiger partial charge in [0.15, 0.2) is 0 Å². The van der Waals surface area contributed by atoms with Crippen LogP contribution in [0.1, 0.15) is 38.2 Å². The summed E-state index contributed by atoms with van der Waals surface area (Å²) in [7, 11) is 0. The fraction of sp³-hybridized carbons (Fsp3) is 0.615. The predicted molar refractivity (Wildman–Crippen MR) is 77.3 cm³/mol. The Balaban J connectivity index is 2.96. The van der Waals surface area contributed by atoms with Crippen molar-refractivity contribution in [1.82, 2.24) is 4.57 Å². The van der Waals surface area contributed by atoms with Gasteiger partial charge in [-0.1, -0.05) is 27.7 Å². The highest BCUT2D eigenvalue weighted by molar-refractivity contribution is 14.1. The maximum atomic E-state index is 11.1. The Morgan fingerprint density at radius 2 is 1.88 bits per heavy atom. The van der Waals surface area contributed by atoms with Crippen molar-refractivity contribution in [3.8, 4) is 0 Å². The summed E-state index contributed by atoms with van der Waals surface area (Å²) < 4.78 is 2.85. The molecule has 4 heteroatoms. The smallest absolute Gasteiger partial charge is 0.352 e. The minimum atomic E-state index is -0.848. The Bertz CT molecular complexity index is 388. The maximum Gasteiger partial charge on any atom is 0.352 e. The molecule has 1 rings (SSSR count). The Kier molecular flexibility index (Phi) is 5.04. The van der Waals surface area contributed by atoms with E-state index in [0.29, 0.717) is 23.4 Å². The van der Waals surface area contributed by atoms with Crippen LogP contribution in [-0.2, 0) is 6.54 Å². The van der Waals surface area contributed by atoms with Gasteiger partial charge in [0.2, 0.25) is 0 Å². The van der Waals surface area contributed by atoms with E-state index in [9.17, 15) is 4.79 Å². The lowest BCUT2D eigenvalue weighted by Crippen LogP contribution is -2.23. The molecule has 0 aliphatic heterocycles. The molecule has 0 atom stereocenters. The zero-order valence-electron chi connectivity index (χ0n) is 10.8. The fourth-order valence-corrected chi connectivity index (χ4v) is 2.85. The molecule has 0 saturated carbocycles. The first-order valence-electron chi connectivity index (χ1n) is 5.92. The molecule has 0 aliphatic rings. The second kappa shape index (κ2) is 5.89. The molecule has 17 heavy (non-hydrogen) atoms. The quantitative estimate of drug-likeness (QED) is 0.824. The van der Waals surface area contributed by atoms with Crippen LogP contribution in [0.15, 0.2) is 12.3 Å². The van der Waals surface area contributed by atoms with Crippen LogP contribution in [-0.4, -0.2) is 15.6 Å². The maximum absolute atomic E-state index is 11.1. The van der Waals surface area contributed by atoms with Crippen LogP contribution >= 0.6 is 22.6 Å². The van der Waals surface area contributed by atoms with E-state index in [4.69, 9.17) is 5.11 Å². The van der Waals surface area contributed by atoms with Crippen molar-refractivity contribution in [2.75, 3.05) is 0 Å². The van der Waals surface area contributed by atoms with E-state index in [-0.39, 0.29) is 0 Å². The van der Waals surface area contributed by atoms with Crippen molar-refractivity contribution in [2.45, 2.75) is 34.2 Å². The topological polar surface area (TPSA) is 42.2 Å². The van der Waals surface area contributed by atoms with Crippen LogP contribution in [0.4, 0.5) is 0 Å². The molecular weight excluding hydrogens is 329 g/mol. The van der Waals surface area contributed by atoms with Crippen LogP contribution < -0.4 is 0 Å². The van der Waals surface area contributed by atoms with Gasteiger partial charge in [-0.2, -0.15) is 0 Å². The summed E-state index contributed by atoms with van der Waals surface area (Å²) in [6.07, 6.45) is 1.92. The third-order valence-electron chi connectivity index (χ3n) is 3.20. The Morgan fingerprint density at radius 3 is 2.29 bits per heavy atom. The fourth-order valence-electron chi connectivity index (χ4n) is 2.22. The van der Waals surface area contributed by atoms with Gasteiger partial charge in [0, 0.05) is 16.3 Å². The van der Waals surface area contributed by atoms with Crippen LogP contribution in [0.5, 0.6) is 0 Å². The molecule has 0 saturated heterocycles. The summed E-state index contributed by atoms with van der Waals surface area (Å²) >= 11 is 2.16. The molecule has 1 heterocycles. The third kappa shape index (κ3) is 3.72. The van der Waals surface area contributed by atoms with Crippen molar-refractivity contribution in [3.05, 3.63) is 21.5 Å². The molecule has 1 aromatic heterocycles. The highest BCUT2D eigenvalue weighted by Crippen LogP contribution is 2.24. The number of aromatic nitrogens is 1. The molecule has 3 nitrogen and oxygen atoms in total. The lowest BCUT2D eigenvalue weighted by Gasteiger charge is -2.25. The summed E-state index contributed by atoms with van der Waals surface area (Å²) in [5.74, 6) is 0.754. The molecule has 0 bridgehead atoms. The van der Waals surface area contributed by atoms with Crippen LogP contribution in [0.3, 0.4) is 0 Å². The van der Waals surface area contributed by atoms with Crippen LogP contribution in [0.25, 0.3) is 0 Å². The SMILES string of the molecule is CC(C)C(Cn1cc(I)cc1C(=O)O)C(C)C. The number of aromatic carboxylic acids is 1. The van der Waals surface area contributed by atoms with Gasteiger partial charge in [-0.05, 0) is 46.4 Å². The minimum Gasteiger partial charge on any atom is -0.477 e. The number of hydrogen-bond acceptors (Lipinski definition) is 1. The monoisotopic (exact) mass is 349 g/mol. The van der Waals surface area contributed by atoms with Crippen molar-refractivity contribution < 1.29 is 9.90 Å². The molecule has 0 amide bonds. The second-order valence-electron chi connectivity index (χ2n) is 5.15. The van der Waals surface area contributed by atoms with Gasteiger partial charge in [-0.25, -0.2) is 4.79 Å². The molecule has 0 aliphatic carbocycles. The lowest BCUT2D eigenvalue weighted by molar-refractivity contribution is 0.0681. The molecule has 0 unspecified atom stereocenters. The van der Waals surface area contributed by atoms with Gasteiger partial charge in [0.1, 0.15) is 5.69 Å². The van der Waals surface area contributed by atoms with Gasteiger partial charge < -0.3 is 9.67 Å². The van der Waals surface area contributed by atoms with Gasteiger partial charge in [-0.15, -0.1) is 0 Å². The summed E-state index contributed by atoms with van der Waals surface area (Å²) in [6.45, 7) is 9.55. The molecule has 1 N–H and O–H groups in total. The van der Waals surface area contributed by atoms with Crippen molar-refractivity contribution in [3.63, 3.8) is 0 Å². The lowest BCUT2D eigenvalue weighted by atomic mass is 9.85. The van der Waals surface area contributed by atoms with Gasteiger partial charge >= 0.3 is 5.97 Å². The number of nitrogens with zero attached hydrogens (tertiary/aromatic N) is 1. The van der Waals surface area contributed by atoms with E-state index >= 15 is 0 Å². The highest BCUT2D eigenvalue weighted by atomic mass is 127. The van der Waals surface area contributed by atoms with Gasteiger partial charge in [0.05, 0.1) is 0 Å². The highest BCUT2D eigenvalue weighted by Gasteiger charge is 2.21. The number of halogens is 1. The predicted octanol–water partition coefficient (Wildman–Crippen LogP) is 3.72. The summed E-state index contributed by atoms with van der Waals surface area (Å²) in [4.78, 5) is 11.1. The van der Waals surface area contributed by atoms with E-state index < -0.39 is 5.97 Å². The first-order valence-corrected chi connectivity index (χ1v) is 6.99. The molecule has 96 valence electrons. The molecule has 0 fully saturated rings. The normalized spacial score (nSPS) is 11.8. The van der Waals surface area contributed by atoms with Crippen molar-refractivity contribution in [1.29, 1.82) is 0 Å². The van der Waals surface area contributed by atoms with Gasteiger partial charge in [-0.3, -0.25) is 0 Å². The number of carboxylic acids is 1. The number of carboxylic acid groups (broad SMARTS) is 1. The summed E-state index contributed by atoms with van der Waals surface area (Å²) in [6, 6.07) is 1.72. The number of hydrogen-bond donors (Lipinski definition) is 1. The number of rotatable bonds is 5. The minimum absolute atomic E-state index is 0.390. The summed E-state index contributed by atoms with van der Waals surface area (Å²) in [5, 5.41) is 9.14. The van der Waals surface area contributed by atoms with Crippen LogP contribution in [0.2, 0.25) is 0 Å². The van der Waals surface area contributed by atoms with Crippen molar-refractivity contribution >= 4 is 28.6 Å². The molecule has 1 aromatic rings. The number of carbonyl (C=O) groups is 1. The Hall–Kier alpha value is -0.520. The standard InChI is InChI=1S/C13H20INO2/c1-8(2)11(9(3)4)7-15-6-10(14)5-12(15)13(16)17/h5-6,8-9,11H,7H2,1-4H3,(H,16,17). The van der Waals surface area contributed by atoms with E-state index in [2.05, 4.69) is 50.3 Å². The molecule has 0 spiro atoms. The van der Waals surface area contributed by atoms with E-state index in [1.54, 1.807) is 6.07 Å².